The summed E-state index contributed by atoms with van der Waals surface area (Å²) < 4.78 is 5.30. The Kier molecular flexibility index (Phi) is 6.21. The summed E-state index contributed by atoms with van der Waals surface area (Å²) in [6.07, 6.45) is 0. The van der Waals surface area contributed by atoms with Gasteiger partial charge in [0.15, 0.2) is 5.76 Å². The SMILES string of the molecule is COc1ccc(N2C(=O)C(O)=C(C(=O)c3sc(-c4ccccc4)nc3C)C2c2cccc3ccccc23)cc1. The molecule has 0 saturated heterocycles. The van der Waals surface area contributed by atoms with E-state index >= 15 is 0 Å². The molecule has 1 aromatic heterocycles. The number of aliphatic hydroxyl groups is 1. The van der Waals surface area contributed by atoms with Gasteiger partial charge in [0, 0.05) is 11.3 Å². The number of Topliss-reactive ketones (excluding diaryl/α,β-unsaturated/α-hetero) is 1. The van der Waals surface area contributed by atoms with Crippen molar-refractivity contribution < 1.29 is 19.4 Å². The Morgan fingerprint density at radius 3 is 2.36 bits per heavy atom. The van der Waals surface area contributed by atoms with Crippen molar-refractivity contribution in [3.63, 3.8) is 0 Å². The molecule has 1 aliphatic rings. The number of hydrogen-bond acceptors (Lipinski definition) is 6. The fraction of sp³-hybridized carbons (Fsp3) is 0.0938. The number of hydrogen-bond donors (Lipinski definition) is 1. The summed E-state index contributed by atoms with van der Waals surface area (Å²) in [5, 5.41) is 13.8. The summed E-state index contributed by atoms with van der Waals surface area (Å²) in [5.41, 5.74) is 2.78. The Balaban J connectivity index is 1.53. The molecule has 1 amide bonds. The lowest BCUT2D eigenvalue weighted by Gasteiger charge is -2.28. The molecule has 0 spiro atoms. The van der Waals surface area contributed by atoms with Crippen LogP contribution < -0.4 is 9.64 Å². The largest absolute Gasteiger partial charge is 0.503 e. The Morgan fingerprint density at radius 2 is 1.62 bits per heavy atom. The highest BCUT2D eigenvalue weighted by Crippen LogP contribution is 2.45. The molecule has 4 aromatic carbocycles. The van der Waals surface area contributed by atoms with Gasteiger partial charge in [-0.25, -0.2) is 4.98 Å². The number of carbonyl (C=O) groups excluding carboxylic acids is 2. The number of amides is 1. The van der Waals surface area contributed by atoms with E-state index in [1.807, 2.05) is 72.8 Å². The van der Waals surface area contributed by atoms with Gasteiger partial charge in [0.05, 0.1) is 29.3 Å². The highest BCUT2D eigenvalue weighted by Gasteiger charge is 2.46. The van der Waals surface area contributed by atoms with Crippen LogP contribution >= 0.6 is 11.3 Å². The summed E-state index contributed by atoms with van der Waals surface area (Å²) in [7, 11) is 1.57. The van der Waals surface area contributed by atoms with E-state index in [1.54, 1.807) is 38.3 Å². The maximum atomic E-state index is 14.2. The van der Waals surface area contributed by atoms with Crippen molar-refractivity contribution in [3.05, 3.63) is 125 Å². The summed E-state index contributed by atoms with van der Waals surface area (Å²) in [4.78, 5) is 34.4. The standard InChI is InChI=1S/C32H24N2O4S/c1-19-30(39-31(33-19)21-10-4-3-5-11-21)28(35)26-27(25-14-8-12-20-9-6-7-13-24(20)25)34(32(37)29(26)36)22-15-17-23(38-2)18-16-22/h3-18,27,36H,1-2H3. The van der Waals surface area contributed by atoms with E-state index in [1.165, 1.54) is 16.2 Å². The third-order valence-corrected chi connectivity index (χ3v) is 8.15. The minimum absolute atomic E-state index is 0.0403. The van der Waals surface area contributed by atoms with E-state index in [9.17, 15) is 14.7 Å². The van der Waals surface area contributed by atoms with Gasteiger partial charge < -0.3 is 9.84 Å². The molecule has 2 heterocycles. The van der Waals surface area contributed by atoms with Gasteiger partial charge >= 0.3 is 0 Å². The molecule has 0 saturated carbocycles. The van der Waals surface area contributed by atoms with E-state index in [4.69, 9.17) is 4.74 Å². The van der Waals surface area contributed by atoms with Crippen molar-refractivity contribution in [2.75, 3.05) is 12.0 Å². The maximum absolute atomic E-state index is 14.2. The molecule has 1 atom stereocenters. The van der Waals surface area contributed by atoms with Crippen LogP contribution in [-0.2, 0) is 4.79 Å². The van der Waals surface area contributed by atoms with Gasteiger partial charge in [0.2, 0.25) is 5.78 Å². The molecule has 39 heavy (non-hydrogen) atoms. The predicted molar refractivity (Wildman–Crippen MR) is 153 cm³/mol. The monoisotopic (exact) mass is 532 g/mol. The number of fused-ring (bicyclic) bond motifs is 1. The summed E-state index contributed by atoms with van der Waals surface area (Å²) in [6, 6.07) is 29.4. The summed E-state index contributed by atoms with van der Waals surface area (Å²) in [6.45, 7) is 1.78. The maximum Gasteiger partial charge on any atom is 0.294 e. The molecule has 0 radical (unpaired) electrons. The zero-order chi connectivity index (χ0) is 27.1. The zero-order valence-corrected chi connectivity index (χ0v) is 22.1. The van der Waals surface area contributed by atoms with Crippen LogP contribution in [0.15, 0.2) is 108 Å². The van der Waals surface area contributed by atoms with Gasteiger partial charge in [-0.05, 0) is 47.5 Å². The van der Waals surface area contributed by atoms with E-state index in [2.05, 4.69) is 4.98 Å². The normalized spacial score (nSPS) is 15.3. The van der Waals surface area contributed by atoms with Gasteiger partial charge in [0.1, 0.15) is 10.8 Å². The Hall–Kier alpha value is -4.75. The minimum Gasteiger partial charge on any atom is -0.503 e. The lowest BCUT2D eigenvalue weighted by atomic mass is 9.91. The molecule has 6 rings (SSSR count). The van der Waals surface area contributed by atoms with Crippen molar-refractivity contribution in [2.24, 2.45) is 0 Å². The second kappa shape index (κ2) is 9.85. The highest BCUT2D eigenvalue weighted by molar-refractivity contribution is 7.17. The van der Waals surface area contributed by atoms with Crippen molar-refractivity contribution in [1.29, 1.82) is 0 Å². The number of thiazole rings is 1. The molecular formula is C32H24N2O4S. The molecule has 192 valence electrons. The molecule has 1 aliphatic heterocycles. The number of anilines is 1. The van der Waals surface area contributed by atoms with Crippen LogP contribution in [0.3, 0.4) is 0 Å². The molecule has 1 N–H and O–H groups in total. The highest BCUT2D eigenvalue weighted by atomic mass is 32.1. The molecule has 0 bridgehead atoms. The zero-order valence-electron chi connectivity index (χ0n) is 21.3. The first kappa shape index (κ1) is 24.6. The van der Waals surface area contributed by atoms with Crippen LogP contribution in [0.2, 0.25) is 0 Å². The molecule has 5 aromatic rings. The Morgan fingerprint density at radius 1 is 0.923 bits per heavy atom. The van der Waals surface area contributed by atoms with Crippen LogP contribution in [-0.4, -0.2) is 28.9 Å². The predicted octanol–water partition coefficient (Wildman–Crippen LogP) is 7.06. The summed E-state index contributed by atoms with van der Waals surface area (Å²) >= 11 is 1.26. The minimum atomic E-state index is -0.842. The number of carbonyl (C=O) groups is 2. The second-order valence-corrected chi connectivity index (χ2v) is 10.2. The number of ether oxygens (including phenoxy) is 1. The molecule has 0 aliphatic carbocycles. The number of nitrogens with zero attached hydrogens (tertiary/aromatic N) is 2. The smallest absolute Gasteiger partial charge is 0.294 e. The quantitative estimate of drug-likeness (QED) is 0.237. The van der Waals surface area contributed by atoms with E-state index in [-0.39, 0.29) is 5.57 Å². The third-order valence-electron chi connectivity index (χ3n) is 6.94. The van der Waals surface area contributed by atoms with Gasteiger partial charge in [0.25, 0.3) is 5.91 Å². The van der Waals surface area contributed by atoms with Crippen LogP contribution in [0.5, 0.6) is 5.75 Å². The summed E-state index contributed by atoms with van der Waals surface area (Å²) in [5.74, 6) is -0.962. The molecule has 6 nitrogen and oxygen atoms in total. The number of aromatic nitrogens is 1. The van der Waals surface area contributed by atoms with Crippen LogP contribution in [0, 0.1) is 6.92 Å². The van der Waals surface area contributed by atoms with Gasteiger partial charge in [-0.2, -0.15) is 0 Å². The number of ketones is 1. The topological polar surface area (TPSA) is 79.7 Å². The lowest BCUT2D eigenvalue weighted by molar-refractivity contribution is -0.117. The van der Waals surface area contributed by atoms with Crippen molar-refractivity contribution >= 4 is 39.5 Å². The molecule has 7 heteroatoms. The Labute approximate surface area is 229 Å². The third kappa shape index (κ3) is 4.17. The first-order chi connectivity index (χ1) is 19.0. The molecular weight excluding hydrogens is 508 g/mol. The van der Waals surface area contributed by atoms with E-state index in [0.717, 1.165) is 21.9 Å². The number of methoxy groups -OCH3 is 1. The molecule has 1 unspecified atom stereocenters. The first-order valence-corrected chi connectivity index (χ1v) is 13.3. The fourth-order valence-electron chi connectivity index (χ4n) is 5.06. The average Bonchev–Trinajstić information content (AvgIpc) is 3.49. The number of aryl methyl sites for hydroxylation is 1. The van der Waals surface area contributed by atoms with E-state index < -0.39 is 23.5 Å². The number of rotatable bonds is 6. The van der Waals surface area contributed by atoms with Gasteiger partial charge in [-0.15, -0.1) is 11.3 Å². The first-order valence-electron chi connectivity index (χ1n) is 12.4. The number of benzene rings is 4. The van der Waals surface area contributed by atoms with Crippen LogP contribution in [0.4, 0.5) is 5.69 Å². The number of aliphatic hydroxyl groups excluding tert-OH is 1. The molecule has 0 fully saturated rings. The van der Waals surface area contributed by atoms with Crippen LogP contribution in [0.25, 0.3) is 21.3 Å². The van der Waals surface area contributed by atoms with Crippen molar-refractivity contribution in [1.82, 2.24) is 4.98 Å². The Bertz CT molecular complexity index is 1750. The van der Waals surface area contributed by atoms with E-state index in [0.29, 0.717) is 27.0 Å². The van der Waals surface area contributed by atoms with Crippen molar-refractivity contribution in [2.45, 2.75) is 13.0 Å². The fourth-order valence-corrected chi connectivity index (χ4v) is 6.09. The second-order valence-electron chi connectivity index (χ2n) is 9.24. The van der Waals surface area contributed by atoms with Gasteiger partial charge in [-0.3, -0.25) is 14.5 Å². The van der Waals surface area contributed by atoms with Gasteiger partial charge in [-0.1, -0.05) is 72.8 Å². The van der Waals surface area contributed by atoms with Crippen LogP contribution in [0.1, 0.15) is 27.0 Å². The van der Waals surface area contributed by atoms with Crippen molar-refractivity contribution in [3.8, 4) is 16.3 Å². The average molecular weight is 533 g/mol. The lowest BCUT2D eigenvalue weighted by Crippen LogP contribution is -2.31.